The third-order valence-corrected chi connectivity index (χ3v) is 4.45. The maximum atomic E-state index is 12.2. The largest absolute Gasteiger partial charge is 0.309 e. The van der Waals surface area contributed by atoms with E-state index >= 15 is 0 Å². The number of fused-ring (bicyclic) bond motifs is 1. The molecule has 0 bridgehead atoms. The van der Waals surface area contributed by atoms with Gasteiger partial charge in [-0.1, -0.05) is 6.07 Å². The molecule has 0 fully saturated rings. The van der Waals surface area contributed by atoms with Gasteiger partial charge in [0.15, 0.2) is 0 Å². The number of anilines is 1. The summed E-state index contributed by atoms with van der Waals surface area (Å²) in [5.74, 6) is 0. The van der Waals surface area contributed by atoms with Crippen LogP contribution in [0.3, 0.4) is 0 Å². The molecule has 0 radical (unpaired) electrons. The van der Waals surface area contributed by atoms with Crippen molar-refractivity contribution in [2.75, 3.05) is 4.72 Å². The Kier molecular flexibility index (Phi) is 2.79. The van der Waals surface area contributed by atoms with E-state index in [1.807, 2.05) is 6.07 Å². The van der Waals surface area contributed by atoms with Crippen LogP contribution in [-0.4, -0.2) is 18.2 Å². The number of rotatable bonds is 3. The van der Waals surface area contributed by atoms with Crippen LogP contribution < -0.4 is 10.0 Å². The van der Waals surface area contributed by atoms with Crippen LogP contribution in [0, 0.1) is 0 Å². The molecule has 6 nitrogen and oxygen atoms in total. The first-order valence-corrected chi connectivity index (χ1v) is 7.37. The monoisotopic (exact) mass is 278 g/mol. The van der Waals surface area contributed by atoms with Crippen LogP contribution in [0.15, 0.2) is 35.5 Å². The fraction of sp³-hybridized carbons (Fsp3) is 0.250. The van der Waals surface area contributed by atoms with Gasteiger partial charge in [-0.3, -0.25) is 9.40 Å². The van der Waals surface area contributed by atoms with E-state index < -0.39 is 10.0 Å². The van der Waals surface area contributed by atoms with Crippen LogP contribution in [0.2, 0.25) is 0 Å². The normalized spacial score (nSPS) is 14.4. The van der Waals surface area contributed by atoms with Crippen LogP contribution in [0.5, 0.6) is 0 Å². The van der Waals surface area contributed by atoms with E-state index in [4.69, 9.17) is 0 Å². The minimum absolute atomic E-state index is 0.277. The van der Waals surface area contributed by atoms with Crippen molar-refractivity contribution in [1.29, 1.82) is 0 Å². The second kappa shape index (κ2) is 4.36. The first kappa shape index (κ1) is 12.2. The Labute approximate surface area is 111 Å². The zero-order chi connectivity index (χ0) is 13.5. The molecule has 0 spiro atoms. The molecule has 7 heteroatoms. The third kappa shape index (κ3) is 2.34. The summed E-state index contributed by atoms with van der Waals surface area (Å²) < 4.78 is 28.5. The van der Waals surface area contributed by atoms with E-state index in [1.54, 1.807) is 30.1 Å². The summed E-state index contributed by atoms with van der Waals surface area (Å²) in [5, 5.41) is 7.12. The Hall–Kier alpha value is -1.86. The summed E-state index contributed by atoms with van der Waals surface area (Å²) in [6.45, 7) is 1.51. The number of aromatic nitrogens is 2. The Balaban J connectivity index is 1.92. The minimum atomic E-state index is -3.55. The fourth-order valence-corrected chi connectivity index (χ4v) is 3.20. The molecule has 1 aliphatic heterocycles. The zero-order valence-electron chi connectivity index (χ0n) is 10.4. The molecule has 2 heterocycles. The van der Waals surface area contributed by atoms with Gasteiger partial charge in [-0.2, -0.15) is 5.10 Å². The van der Waals surface area contributed by atoms with Crippen molar-refractivity contribution in [3.8, 4) is 0 Å². The van der Waals surface area contributed by atoms with Crippen molar-refractivity contribution in [1.82, 2.24) is 15.1 Å². The molecule has 0 atom stereocenters. The first-order chi connectivity index (χ1) is 9.04. The Morgan fingerprint density at radius 2 is 2.11 bits per heavy atom. The van der Waals surface area contributed by atoms with Gasteiger partial charge in [-0.25, -0.2) is 8.42 Å². The number of benzene rings is 1. The molecule has 100 valence electrons. The Morgan fingerprint density at radius 1 is 1.32 bits per heavy atom. The van der Waals surface area contributed by atoms with Gasteiger partial charge in [0, 0.05) is 26.3 Å². The van der Waals surface area contributed by atoms with Crippen molar-refractivity contribution in [2.24, 2.45) is 7.05 Å². The van der Waals surface area contributed by atoms with Crippen molar-refractivity contribution >= 4 is 15.7 Å². The highest BCUT2D eigenvalue weighted by Gasteiger charge is 2.18. The average molecular weight is 278 g/mol. The summed E-state index contributed by atoms with van der Waals surface area (Å²) in [6, 6.07) is 5.20. The fourth-order valence-electron chi connectivity index (χ4n) is 2.13. The molecule has 0 aliphatic carbocycles. The van der Waals surface area contributed by atoms with Gasteiger partial charge in [-0.15, -0.1) is 0 Å². The van der Waals surface area contributed by atoms with Crippen LogP contribution in [0.4, 0.5) is 5.69 Å². The maximum absolute atomic E-state index is 12.2. The number of hydrogen-bond donors (Lipinski definition) is 2. The van der Waals surface area contributed by atoms with Gasteiger partial charge in [0.1, 0.15) is 0 Å². The molecule has 0 unspecified atom stereocenters. The summed E-state index contributed by atoms with van der Waals surface area (Å²) >= 11 is 0. The highest BCUT2D eigenvalue weighted by molar-refractivity contribution is 7.92. The highest BCUT2D eigenvalue weighted by Crippen LogP contribution is 2.21. The average Bonchev–Trinajstić information content (AvgIpc) is 2.96. The van der Waals surface area contributed by atoms with Crippen molar-refractivity contribution in [3.63, 3.8) is 0 Å². The first-order valence-electron chi connectivity index (χ1n) is 5.88. The lowest BCUT2D eigenvalue weighted by atomic mass is 10.1. The third-order valence-electron chi connectivity index (χ3n) is 3.08. The molecule has 3 rings (SSSR count). The molecular weight excluding hydrogens is 264 g/mol. The van der Waals surface area contributed by atoms with E-state index in [-0.39, 0.29) is 4.90 Å². The van der Waals surface area contributed by atoms with Gasteiger partial charge in [0.25, 0.3) is 10.0 Å². The number of hydrogen-bond acceptors (Lipinski definition) is 4. The lowest BCUT2D eigenvalue weighted by molar-refractivity contribution is 0.601. The van der Waals surface area contributed by atoms with Gasteiger partial charge < -0.3 is 5.32 Å². The van der Waals surface area contributed by atoms with E-state index in [1.165, 1.54) is 6.20 Å². The molecule has 1 aliphatic rings. The molecule has 1 aromatic heterocycles. The summed E-state index contributed by atoms with van der Waals surface area (Å²) in [6.07, 6.45) is 3.10. The van der Waals surface area contributed by atoms with Crippen LogP contribution in [0.1, 0.15) is 11.1 Å². The van der Waals surface area contributed by atoms with Gasteiger partial charge in [-0.05, 0) is 23.3 Å². The molecular formula is C12H14N4O2S. The molecule has 2 aromatic rings. The highest BCUT2D eigenvalue weighted by atomic mass is 32.2. The number of nitrogens with zero attached hydrogens (tertiary/aromatic N) is 2. The quantitative estimate of drug-likeness (QED) is 0.871. The standard InChI is InChI=1S/C12H14N4O2S/c1-16-8-11(7-14-16)15-19(17,18)12-3-2-9-5-13-6-10(9)4-12/h2-4,7-8,13,15H,5-6H2,1H3. The predicted octanol–water partition coefficient (Wildman–Crippen LogP) is 0.824. The zero-order valence-corrected chi connectivity index (χ0v) is 11.2. The summed E-state index contributed by atoms with van der Waals surface area (Å²) in [4.78, 5) is 0.277. The van der Waals surface area contributed by atoms with Gasteiger partial charge >= 0.3 is 0 Å². The molecule has 0 saturated heterocycles. The van der Waals surface area contributed by atoms with Crippen molar-refractivity contribution in [2.45, 2.75) is 18.0 Å². The lowest BCUT2D eigenvalue weighted by Gasteiger charge is -2.07. The van der Waals surface area contributed by atoms with Crippen LogP contribution in [0.25, 0.3) is 0 Å². The Bertz CT molecular complexity index is 721. The lowest BCUT2D eigenvalue weighted by Crippen LogP contribution is -2.13. The van der Waals surface area contributed by atoms with Gasteiger partial charge in [0.05, 0.1) is 16.8 Å². The van der Waals surface area contributed by atoms with Crippen molar-refractivity contribution in [3.05, 3.63) is 41.7 Å². The van der Waals surface area contributed by atoms with Crippen LogP contribution >= 0.6 is 0 Å². The van der Waals surface area contributed by atoms with E-state index in [9.17, 15) is 8.42 Å². The second-order valence-electron chi connectivity index (χ2n) is 4.54. The molecule has 1 aromatic carbocycles. The van der Waals surface area contributed by atoms with Crippen LogP contribution in [-0.2, 0) is 30.2 Å². The van der Waals surface area contributed by atoms with Gasteiger partial charge in [0.2, 0.25) is 0 Å². The smallest absolute Gasteiger partial charge is 0.262 e. The Morgan fingerprint density at radius 3 is 2.84 bits per heavy atom. The molecule has 19 heavy (non-hydrogen) atoms. The van der Waals surface area contributed by atoms with Crippen molar-refractivity contribution < 1.29 is 8.42 Å². The molecule has 2 N–H and O–H groups in total. The minimum Gasteiger partial charge on any atom is -0.309 e. The summed E-state index contributed by atoms with van der Waals surface area (Å²) in [5.41, 5.74) is 2.65. The predicted molar refractivity (Wildman–Crippen MR) is 71.0 cm³/mol. The van der Waals surface area contributed by atoms with E-state index in [0.29, 0.717) is 12.2 Å². The van der Waals surface area contributed by atoms with E-state index in [2.05, 4.69) is 15.1 Å². The second-order valence-corrected chi connectivity index (χ2v) is 6.22. The number of nitrogens with one attached hydrogen (secondary N) is 2. The molecule has 0 saturated carbocycles. The van der Waals surface area contributed by atoms with E-state index in [0.717, 1.165) is 17.7 Å². The number of aryl methyl sites for hydroxylation is 1. The topological polar surface area (TPSA) is 76.0 Å². The number of sulfonamides is 1. The maximum Gasteiger partial charge on any atom is 0.262 e. The SMILES string of the molecule is Cn1cc(NS(=O)(=O)c2ccc3c(c2)CNC3)cn1. The summed E-state index contributed by atoms with van der Waals surface area (Å²) in [7, 11) is -1.82. The molecule has 0 amide bonds.